The van der Waals surface area contributed by atoms with Gasteiger partial charge in [-0.05, 0) is 48.4 Å². The van der Waals surface area contributed by atoms with Crippen molar-refractivity contribution in [2.75, 3.05) is 5.01 Å². The number of nitrogens with one attached hydrogen (secondary N) is 1. The van der Waals surface area contributed by atoms with Crippen molar-refractivity contribution in [1.82, 2.24) is 5.43 Å². The van der Waals surface area contributed by atoms with E-state index in [-0.39, 0.29) is 15.6 Å². The van der Waals surface area contributed by atoms with Gasteiger partial charge in [0.1, 0.15) is 12.2 Å². The van der Waals surface area contributed by atoms with Gasteiger partial charge in [-0.2, -0.15) is 0 Å². The second-order valence-corrected chi connectivity index (χ2v) is 7.88. The Balaban J connectivity index is 1.55. The maximum Gasteiger partial charge on any atom is 0.282 e. The van der Waals surface area contributed by atoms with Gasteiger partial charge in [-0.3, -0.25) is 15.0 Å². The molecule has 5 nitrogen and oxygen atoms in total. The summed E-state index contributed by atoms with van der Waals surface area (Å²) in [5, 5.41) is 1.78. The van der Waals surface area contributed by atoms with Gasteiger partial charge in [0.15, 0.2) is 5.75 Å². The van der Waals surface area contributed by atoms with Crippen LogP contribution in [0.2, 0.25) is 10.0 Å². The number of halogens is 2. The quantitative estimate of drug-likeness (QED) is 0.419. The van der Waals surface area contributed by atoms with Gasteiger partial charge in [0.05, 0.1) is 15.7 Å². The van der Waals surface area contributed by atoms with Crippen molar-refractivity contribution in [3.05, 3.63) is 99.0 Å². The third-order valence-corrected chi connectivity index (χ3v) is 5.30. The summed E-state index contributed by atoms with van der Waals surface area (Å²) in [6, 6.07) is 20.0. The number of nitrogens with zero attached hydrogens (tertiary/aromatic N) is 1. The first-order valence-corrected chi connectivity index (χ1v) is 10.3. The van der Waals surface area contributed by atoms with Crippen LogP contribution in [0.15, 0.2) is 72.3 Å². The maximum atomic E-state index is 12.7. The van der Waals surface area contributed by atoms with Crippen molar-refractivity contribution in [3.8, 4) is 5.75 Å². The molecule has 1 heterocycles. The number of hydrazine groups is 1. The van der Waals surface area contributed by atoms with E-state index < -0.39 is 11.8 Å². The minimum atomic E-state index is -0.499. The molecule has 4 rings (SSSR count). The fraction of sp³-hybridized carbons (Fsp3) is 0.0833. The highest BCUT2D eigenvalue weighted by atomic mass is 35.5. The first kappa shape index (κ1) is 21.0. The minimum Gasteiger partial charge on any atom is -0.486 e. The van der Waals surface area contributed by atoms with Crippen LogP contribution in [-0.2, 0) is 16.2 Å². The van der Waals surface area contributed by atoms with E-state index in [1.165, 1.54) is 11.1 Å². The standard InChI is InChI=1S/C24H18Cl2N2O3/c1-15-7-9-16(10-8-15)14-31-22-20(25)12-17(13-21(22)26)11-19-23(29)27-28(24(19)30)18-5-3-2-4-6-18/h2-13H,14H2,1H3,(H,27,29). The van der Waals surface area contributed by atoms with Gasteiger partial charge in [-0.1, -0.05) is 71.2 Å². The predicted octanol–water partition coefficient (Wildman–Crippen LogP) is 5.34. The molecule has 0 aliphatic carbocycles. The van der Waals surface area contributed by atoms with Crippen LogP contribution in [0.4, 0.5) is 5.69 Å². The van der Waals surface area contributed by atoms with Crippen LogP contribution >= 0.6 is 23.2 Å². The largest absolute Gasteiger partial charge is 0.486 e. The monoisotopic (exact) mass is 452 g/mol. The van der Waals surface area contributed by atoms with E-state index in [0.29, 0.717) is 23.6 Å². The van der Waals surface area contributed by atoms with Crippen LogP contribution in [0.3, 0.4) is 0 Å². The summed E-state index contributed by atoms with van der Waals surface area (Å²) < 4.78 is 5.80. The molecule has 0 bridgehead atoms. The zero-order valence-corrected chi connectivity index (χ0v) is 18.1. The summed E-state index contributed by atoms with van der Waals surface area (Å²) in [7, 11) is 0. The Morgan fingerprint density at radius 3 is 2.26 bits per heavy atom. The van der Waals surface area contributed by atoms with Crippen LogP contribution in [-0.4, -0.2) is 11.8 Å². The first-order valence-electron chi connectivity index (χ1n) is 9.52. The van der Waals surface area contributed by atoms with E-state index in [1.807, 2.05) is 37.3 Å². The normalized spacial score (nSPS) is 14.8. The van der Waals surface area contributed by atoms with Crippen LogP contribution in [0, 0.1) is 6.92 Å². The second-order valence-electron chi connectivity index (χ2n) is 7.06. The predicted molar refractivity (Wildman–Crippen MR) is 122 cm³/mol. The molecular formula is C24H18Cl2N2O3. The van der Waals surface area contributed by atoms with Gasteiger partial charge in [0.25, 0.3) is 11.8 Å². The van der Waals surface area contributed by atoms with Gasteiger partial charge in [0, 0.05) is 0 Å². The number of amides is 2. The van der Waals surface area contributed by atoms with Crippen molar-refractivity contribution in [2.45, 2.75) is 13.5 Å². The van der Waals surface area contributed by atoms with Crippen LogP contribution in [0.25, 0.3) is 6.08 Å². The van der Waals surface area contributed by atoms with Crippen LogP contribution in [0.5, 0.6) is 5.75 Å². The van der Waals surface area contributed by atoms with E-state index in [4.69, 9.17) is 27.9 Å². The second kappa shape index (κ2) is 8.84. The summed E-state index contributed by atoms with van der Waals surface area (Å²) in [6.45, 7) is 2.33. The molecule has 0 spiro atoms. The Labute approximate surface area is 189 Å². The topological polar surface area (TPSA) is 58.6 Å². The lowest BCUT2D eigenvalue weighted by atomic mass is 10.1. The lowest BCUT2D eigenvalue weighted by Crippen LogP contribution is -2.35. The first-order chi connectivity index (χ1) is 14.9. The number of anilines is 1. The number of hydrogen-bond donors (Lipinski definition) is 1. The Morgan fingerprint density at radius 1 is 0.968 bits per heavy atom. The molecule has 1 N–H and O–H groups in total. The Morgan fingerprint density at radius 2 is 1.61 bits per heavy atom. The molecule has 2 amide bonds. The summed E-state index contributed by atoms with van der Waals surface area (Å²) in [5.41, 5.74) is 5.78. The van der Waals surface area contributed by atoms with Gasteiger partial charge in [-0.25, -0.2) is 5.01 Å². The van der Waals surface area contributed by atoms with Gasteiger partial charge < -0.3 is 4.74 Å². The lowest BCUT2D eigenvalue weighted by Gasteiger charge is -2.14. The summed E-state index contributed by atoms with van der Waals surface area (Å²) in [5.74, 6) is -0.608. The number of carbonyl (C=O) groups is 2. The molecule has 3 aromatic rings. The summed E-state index contributed by atoms with van der Waals surface area (Å²) in [4.78, 5) is 25.1. The van der Waals surface area contributed by atoms with Gasteiger partial charge in [-0.15, -0.1) is 0 Å². The third-order valence-electron chi connectivity index (χ3n) is 4.74. The summed E-state index contributed by atoms with van der Waals surface area (Å²) >= 11 is 12.7. The molecule has 0 radical (unpaired) electrons. The van der Waals surface area contributed by atoms with Gasteiger partial charge in [0.2, 0.25) is 0 Å². The van der Waals surface area contributed by atoms with E-state index in [9.17, 15) is 9.59 Å². The highest BCUT2D eigenvalue weighted by Crippen LogP contribution is 2.36. The summed E-state index contributed by atoms with van der Waals surface area (Å²) in [6.07, 6.45) is 1.46. The van der Waals surface area contributed by atoms with E-state index in [2.05, 4.69) is 5.43 Å². The highest BCUT2D eigenvalue weighted by Gasteiger charge is 2.34. The molecule has 1 fully saturated rings. The number of carbonyl (C=O) groups excluding carboxylic acids is 2. The molecule has 31 heavy (non-hydrogen) atoms. The molecule has 156 valence electrons. The number of hydrogen-bond acceptors (Lipinski definition) is 3. The molecule has 0 saturated carbocycles. The average Bonchev–Trinajstić information content (AvgIpc) is 3.03. The number of para-hydroxylation sites is 1. The van der Waals surface area contributed by atoms with Crippen molar-refractivity contribution >= 4 is 46.8 Å². The van der Waals surface area contributed by atoms with E-state index >= 15 is 0 Å². The van der Waals surface area contributed by atoms with Crippen molar-refractivity contribution < 1.29 is 14.3 Å². The SMILES string of the molecule is Cc1ccc(COc2c(Cl)cc(C=C3C(=O)NN(c4ccccc4)C3=O)cc2Cl)cc1. The fourth-order valence-corrected chi connectivity index (χ4v) is 3.74. The molecule has 1 aliphatic rings. The van der Waals surface area contributed by atoms with E-state index in [0.717, 1.165) is 11.1 Å². The Bertz CT molecular complexity index is 1150. The van der Waals surface area contributed by atoms with Crippen molar-refractivity contribution in [3.63, 3.8) is 0 Å². The molecule has 0 atom stereocenters. The maximum absolute atomic E-state index is 12.7. The fourth-order valence-electron chi connectivity index (χ4n) is 3.12. The smallest absolute Gasteiger partial charge is 0.282 e. The Kier molecular flexibility index (Phi) is 5.98. The zero-order chi connectivity index (χ0) is 22.0. The third kappa shape index (κ3) is 4.58. The molecule has 0 unspecified atom stereocenters. The number of ether oxygens (including phenoxy) is 1. The molecular weight excluding hydrogens is 435 g/mol. The molecule has 7 heteroatoms. The van der Waals surface area contributed by atoms with Crippen LogP contribution in [0.1, 0.15) is 16.7 Å². The highest BCUT2D eigenvalue weighted by molar-refractivity contribution is 6.37. The number of rotatable bonds is 5. The van der Waals surface area contributed by atoms with Gasteiger partial charge >= 0.3 is 0 Å². The number of aryl methyl sites for hydroxylation is 1. The molecule has 1 aliphatic heterocycles. The molecule has 3 aromatic carbocycles. The number of benzene rings is 3. The average molecular weight is 453 g/mol. The van der Waals surface area contributed by atoms with Crippen LogP contribution < -0.4 is 15.2 Å². The lowest BCUT2D eigenvalue weighted by molar-refractivity contribution is -0.117. The zero-order valence-electron chi connectivity index (χ0n) is 16.6. The Hall–Kier alpha value is -3.28. The van der Waals surface area contributed by atoms with E-state index in [1.54, 1.807) is 36.4 Å². The van der Waals surface area contributed by atoms with Crippen molar-refractivity contribution in [1.29, 1.82) is 0 Å². The molecule has 1 saturated heterocycles. The molecule has 0 aromatic heterocycles. The van der Waals surface area contributed by atoms with Crippen molar-refractivity contribution in [2.24, 2.45) is 0 Å². The minimum absolute atomic E-state index is 0.00990.